The number of aryl methyl sites for hydroxylation is 2. The van der Waals surface area contributed by atoms with Crippen LogP contribution in [-0.2, 0) is 10.0 Å². The van der Waals surface area contributed by atoms with Gasteiger partial charge in [0.2, 0.25) is 21.7 Å². The van der Waals surface area contributed by atoms with Crippen molar-refractivity contribution in [3.8, 4) is 11.4 Å². The summed E-state index contributed by atoms with van der Waals surface area (Å²) in [7, 11) is -3.57. The largest absolute Gasteiger partial charge is 0.339 e. The van der Waals surface area contributed by atoms with Gasteiger partial charge in [0.15, 0.2) is 0 Å². The van der Waals surface area contributed by atoms with Crippen LogP contribution in [0.2, 0.25) is 5.02 Å². The predicted molar refractivity (Wildman–Crippen MR) is 121 cm³/mol. The molecule has 0 radical (unpaired) electrons. The molecule has 0 unspecified atom stereocenters. The van der Waals surface area contributed by atoms with Crippen molar-refractivity contribution in [3.05, 3.63) is 63.5 Å². The van der Waals surface area contributed by atoms with Crippen molar-refractivity contribution in [1.29, 1.82) is 0 Å². The molecule has 1 saturated heterocycles. The SMILES string of the molecule is Cc1cc(C)c(C)c(S(=O)(=O)N2CCC(c3nc(-c4ccccc4Cl)no3)CC2)c1C. The third kappa shape index (κ3) is 4.02. The fraction of sp³-hybridized carbons (Fsp3) is 0.391. The van der Waals surface area contributed by atoms with Crippen LogP contribution in [0.25, 0.3) is 11.4 Å². The van der Waals surface area contributed by atoms with E-state index in [4.69, 9.17) is 16.1 Å². The predicted octanol–water partition coefficient (Wildman–Crippen LogP) is 5.19. The maximum absolute atomic E-state index is 13.5. The number of nitrogens with zero attached hydrogens (tertiary/aromatic N) is 3. The third-order valence-electron chi connectivity index (χ3n) is 6.25. The Hall–Kier alpha value is -2.22. The van der Waals surface area contributed by atoms with Gasteiger partial charge in [-0.1, -0.05) is 35.0 Å². The molecule has 0 bridgehead atoms. The first-order chi connectivity index (χ1) is 14.7. The van der Waals surface area contributed by atoms with E-state index in [1.54, 1.807) is 10.4 Å². The van der Waals surface area contributed by atoms with Crippen LogP contribution in [0.15, 0.2) is 39.8 Å². The van der Waals surface area contributed by atoms with E-state index in [-0.39, 0.29) is 5.92 Å². The maximum atomic E-state index is 13.5. The lowest BCUT2D eigenvalue weighted by Crippen LogP contribution is -2.38. The molecule has 4 rings (SSSR count). The van der Waals surface area contributed by atoms with Crippen molar-refractivity contribution in [2.75, 3.05) is 13.1 Å². The number of hydrogen-bond acceptors (Lipinski definition) is 5. The number of benzene rings is 2. The highest BCUT2D eigenvalue weighted by Gasteiger charge is 2.34. The van der Waals surface area contributed by atoms with E-state index in [2.05, 4.69) is 10.1 Å². The summed E-state index contributed by atoms with van der Waals surface area (Å²) in [5.74, 6) is 1.01. The van der Waals surface area contributed by atoms with Gasteiger partial charge in [0.25, 0.3) is 0 Å². The van der Waals surface area contributed by atoms with Crippen LogP contribution in [0, 0.1) is 27.7 Å². The van der Waals surface area contributed by atoms with Crippen molar-refractivity contribution < 1.29 is 12.9 Å². The second-order valence-corrected chi connectivity index (χ2v) is 10.5. The molecule has 2 aromatic carbocycles. The van der Waals surface area contributed by atoms with Crippen LogP contribution in [-0.4, -0.2) is 36.0 Å². The Morgan fingerprint density at radius 3 is 2.26 bits per heavy atom. The zero-order valence-electron chi connectivity index (χ0n) is 18.1. The summed E-state index contributed by atoms with van der Waals surface area (Å²) in [6.07, 6.45) is 1.26. The molecule has 2 heterocycles. The Bertz CT molecular complexity index is 1200. The van der Waals surface area contributed by atoms with E-state index in [9.17, 15) is 8.42 Å². The van der Waals surface area contributed by atoms with Crippen molar-refractivity contribution in [2.45, 2.75) is 51.3 Å². The topological polar surface area (TPSA) is 76.3 Å². The van der Waals surface area contributed by atoms with Gasteiger partial charge in [-0.2, -0.15) is 9.29 Å². The third-order valence-corrected chi connectivity index (χ3v) is 8.76. The lowest BCUT2D eigenvalue weighted by molar-refractivity contribution is 0.270. The van der Waals surface area contributed by atoms with Gasteiger partial charge in [-0.25, -0.2) is 8.42 Å². The summed E-state index contributed by atoms with van der Waals surface area (Å²) >= 11 is 6.23. The molecule has 1 aliphatic rings. The van der Waals surface area contributed by atoms with Crippen LogP contribution in [0.4, 0.5) is 0 Å². The summed E-state index contributed by atoms with van der Waals surface area (Å²) in [4.78, 5) is 4.98. The number of aromatic nitrogens is 2. The highest BCUT2D eigenvalue weighted by Crippen LogP contribution is 2.34. The van der Waals surface area contributed by atoms with Crippen molar-refractivity contribution in [2.24, 2.45) is 0 Å². The van der Waals surface area contributed by atoms with E-state index >= 15 is 0 Å². The quantitative estimate of drug-likeness (QED) is 0.536. The molecule has 8 heteroatoms. The minimum atomic E-state index is -3.57. The molecule has 6 nitrogen and oxygen atoms in total. The zero-order chi connectivity index (χ0) is 22.3. The Morgan fingerprint density at radius 2 is 1.65 bits per heavy atom. The van der Waals surface area contributed by atoms with Crippen LogP contribution in [0.3, 0.4) is 0 Å². The second-order valence-electron chi connectivity index (χ2n) is 8.20. The molecule has 0 aliphatic carbocycles. The Balaban J connectivity index is 1.53. The van der Waals surface area contributed by atoms with Gasteiger partial charge < -0.3 is 4.52 Å². The maximum Gasteiger partial charge on any atom is 0.243 e. The molecule has 1 aliphatic heterocycles. The van der Waals surface area contributed by atoms with Gasteiger partial charge in [0.05, 0.1) is 9.92 Å². The van der Waals surface area contributed by atoms with Crippen LogP contribution >= 0.6 is 11.6 Å². The number of halogens is 1. The van der Waals surface area contributed by atoms with E-state index in [0.717, 1.165) is 27.8 Å². The highest BCUT2D eigenvalue weighted by atomic mass is 35.5. The normalized spacial score (nSPS) is 16.0. The Labute approximate surface area is 188 Å². The molecule has 0 spiro atoms. The minimum Gasteiger partial charge on any atom is -0.339 e. The Morgan fingerprint density at radius 1 is 1.03 bits per heavy atom. The summed E-state index contributed by atoms with van der Waals surface area (Å²) in [5, 5.41) is 4.64. The standard InChI is InChI=1S/C23H26ClN3O3S/c1-14-13-15(2)17(4)21(16(14)3)31(28,29)27-11-9-18(10-12-27)23-25-22(26-30-23)19-7-5-6-8-20(19)24/h5-8,13,18H,9-12H2,1-4H3. The van der Waals surface area contributed by atoms with E-state index < -0.39 is 10.0 Å². The van der Waals surface area contributed by atoms with E-state index in [0.29, 0.717) is 47.6 Å². The fourth-order valence-electron chi connectivity index (χ4n) is 4.19. The molecule has 164 valence electrons. The van der Waals surface area contributed by atoms with Crippen LogP contribution in [0.1, 0.15) is 46.9 Å². The summed E-state index contributed by atoms with van der Waals surface area (Å²) in [6, 6.07) is 9.40. The van der Waals surface area contributed by atoms with Gasteiger partial charge >= 0.3 is 0 Å². The average Bonchev–Trinajstić information content (AvgIpc) is 3.23. The molecular weight excluding hydrogens is 434 g/mol. The fourth-order valence-corrected chi connectivity index (χ4v) is 6.46. The molecule has 3 aromatic rings. The van der Waals surface area contributed by atoms with Gasteiger partial charge in [-0.3, -0.25) is 0 Å². The smallest absolute Gasteiger partial charge is 0.243 e. The van der Waals surface area contributed by atoms with Gasteiger partial charge in [0, 0.05) is 24.6 Å². The highest BCUT2D eigenvalue weighted by molar-refractivity contribution is 7.89. The van der Waals surface area contributed by atoms with Gasteiger partial charge in [-0.15, -0.1) is 0 Å². The lowest BCUT2D eigenvalue weighted by Gasteiger charge is -2.31. The van der Waals surface area contributed by atoms with Crippen molar-refractivity contribution >= 4 is 21.6 Å². The zero-order valence-corrected chi connectivity index (χ0v) is 19.7. The summed E-state index contributed by atoms with van der Waals surface area (Å²) in [5.41, 5.74) is 4.36. The van der Waals surface area contributed by atoms with E-state index in [1.807, 2.05) is 52.0 Å². The van der Waals surface area contributed by atoms with Crippen LogP contribution < -0.4 is 0 Å². The molecule has 1 fully saturated rings. The van der Waals surface area contributed by atoms with Gasteiger partial charge in [-0.05, 0) is 74.9 Å². The average molecular weight is 460 g/mol. The molecule has 0 saturated carbocycles. The first kappa shape index (κ1) is 22.0. The van der Waals surface area contributed by atoms with Gasteiger partial charge in [0.1, 0.15) is 0 Å². The second kappa shape index (κ2) is 8.37. The monoisotopic (exact) mass is 459 g/mol. The Kier molecular flexibility index (Phi) is 5.94. The molecule has 0 N–H and O–H groups in total. The minimum absolute atomic E-state index is 0.0247. The first-order valence-corrected chi connectivity index (χ1v) is 12.2. The van der Waals surface area contributed by atoms with Crippen molar-refractivity contribution in [1.82, 2.24) is 14.4 Å². The summed E-state index contributed by atoms with van der Waals surface area (Å²) < 4.78 is 34.0. The lowest BCUT2D eigenvalue weighted by atomic mass is 9.98. The molecule has 1 aromatic heterocycles. The summed E-state index contributed by atoms with van der Waals surface area (Å²) in [6.45, 7) is 8.52. The van der Waals surface area contributed by atoms with E-state index in [1.165, 1.54) is 0 Å². The van der Waals surface area contributed by atoms with Crippen molar-refractivity contribution in [3.63, 3.8) is 0 Å². The number of hydrogen-bond donors (Lipinski definition) is 0. The molecule has 31 heavy (non-hydrogen) atoms. The first-order valence-electron chi connectivity index (χ1n) is 10.4. The van der Waals surface area contributed by atoms with Crippen LogP contribution in [0.5, 0.6) is 0 Å². The molecular formula is C23H26ClN3O3S. The molecule has 0 amide bonds. The number of sulfonamides is 1. The number of piperidine rings is 1. The molecule has 0 atom stereocenters. The number of rotatable bonds is 4.